The molecule has 3 aromatic rings. The van der Waals surface area contributed by atoms with Gasteiger partial charge >= 0.3 is 5.97 Å². The van der Waals surface area contributed by atoms with Gasteiger partial charge in [0.2, 0.25) is 0 Å². The number of esters is 1. The van der Waals surface area contributed by atoms with E-state index in [1.807, 2.05) is 38.1 Å². The zero-order valence-corrected chi connectivity index (χ0v) is 23.3. The van der Waals surface area contributed by atoms with Gasteiger partial charge in [-0.2, -0.15) is 0 Å². The predicted octanol–water partition coefficient (Wildman–Crippen LogP) is 4.80. The van der Waals surface area contributed by atoms with Crippen molar-refractivity contribution in [1.82, 2.24) is 4.57 Å². The lowest BCUT2D eigenvalue weighted by molar-refractivity contribution is -0.139. The van der Waals surface area contributed by atoms with Crippen molar-refractivity contribution in [2.75, 3.05) is 13.2 Å². The summed E-state index contributed by atoms with van der Waals surface area (Å²) in [6.07, 6.45) is 3.26. The van der Waals surface area contributed by atoms with Gasteiger partial charge in [-0.15, -0.1) is 0 Å². The largest absolute Gasteiger partial charge is 0.491 e. The smallest absolute Gasteiger partial charge is 0.338 e. The first-order valence-electron chi connectivity index (χ1n) is 12.2. The lowest BCUT2D eigenvalue weighted by Crippen LogP contribution is -2.40. The van der Waals surface area contributed by atoms with E-state index in [0.717, 1.165) is 0 Å². The van der Waals surface area contributed by atoms with E-state index < -0.39 is 12.0 Å². The first-order valence-corrected chi connectivity index (χ1v) is 13.4. The minimum absolute atomic E-state index is 0.111. The number of carbonyl (C=O) groups is 1. The molecule has 1 aromatic heterocycles. The average Bonchev–Trinajstić information content (AvgIpc) is 3.17. The standard InChI is InChI=1S/C29H29ClN2O5S/c1-6-14-36-22-13-12-20(30)15-19(22)16-24-27(33)32-26(21-10-8-9-11-23(21)37-17(3)4)25(28(34)35-7-2)18(5)31-29(32)38-24/h6,8-13,15-17,26H,1,7,14H2,2-5H3/b24-16-/t26-/m0/s1. The van der Waals surface area contributed by atoms with Gasteiger partial charge < -0.3 is 14.2 Å². The molecule has 198 valence electrons. The van der Waals surface area contributed by atoms with Crippen molar-refractivity contribution in [3.63, 3.8) is 0 Å². The number of hydrogen-bond acceptors (Lipinski definition) is 7. The molecule has 0 fully saturated rings. The summed E-state index contributed by atoms with van der Waals surface area (Å²) >= 11 is 7.48. The molecule has 9 heteroatoms. The van der Waals surface area contributed by atoms with Crippen molar-refractivity contribution < 1.29 is 19.0 Å². The maximum Gasteiger partial charge on any atom is 0.338 e. The highest BCUT2D eigenvalue weighted by Gasteiger charge is 2.35. The summed E-state index contributed by atoms with van der Waals surface area (Å²) in [5.41, 5.74) is 1.79. The van der Waals surface area contributed by atoms with Crippen LogP contribution >= 0.6 is 22.9 Å². The Kier molecular flexibility index (Phi) is 8.54. The number of allylic oxidation sites excluding steroid dienone is 1. The van der Waals surface area contributed by atoms with Gasteiger partial charge in [-0.05, 0) is 58.0 Å². The molecule has 7 nitrogen and oxygen atoms in total. The molecule has 0 spiro atoms. The summed E-state index contributed by atoms with van der Waals surface area (Å²) in [6.45, 7) is 11.5. The molecular weight excluding hydrogens is 524 g/mol. The number of ether oxygens (including phenoxy) is 3. The number of benzene rings is 2. The molecular formula is C29H29ClN2O5S. The van der Waals surface area contributed by atoms with Gasteiger partial charge in [0.15, 0.2) is 4.80 Å². The van der Waals surface area contributed by atoms with E-state index in [1.54, 1.807) is 44.2 Å². The Hall–Kier alpha value is -3.62. The van der Waals surface area contributed by atoms with Gasteiger partial charge in [0.05, 0.1) is 28.5 Å². The van der Waals surface area contributed by atoms with Gasteiger partial charge in [0.1, 0.15) is 24.1 Å². The number of hydrogen-bond donors (Lipinski definition) is 0. The number of aromatic nitrogens is 1. The van der Waals surface area contributed by atoms with E-state index in [0.29, 0.717) is 54.9 Å². The second-order valence-corrected chi connectivity index (χ2v) is 10.2. The van der Waals surface area contributed by atoms with Crippen LogP contribution in [0.1, 0.15) is 44.9 Å². The number of rotatable bonds is 9. The van der Waals surface area contributed by atoms with Crippen molar-refractivity contribution in [2.45, 2.75) is 39.8 Å². The van der Waals surface area contributed by atoms with E-state index >= 15 is 0 Å². The maximum absolute atomic E-state index is 14.0. The molecule has 0 N–H and O–H groups in total. The normalized spacial score (nSPS) is 15.2. The molecule has 4 rings (SSSR count). The second-order valence-electron chi connectivity index (χ2n) is 8.79. The summed E-state index contributed by atoms with van der Waals surface area (Å²) in [4.78, 5) is 32.2. The van der Waals surface area contributed by atoms with Crippen molar-refractivity contribution in [3.8, 4) is 11.5 Å². The highest BCUT2D eigenvalue weighted by atomic mass is 35.5. The van der Waals surface area contributed by atoms with E-state index in [9.17, 15) is 9.59 Å². The minimum atomic E-state index is -0.779. The van der Waals surface area contributed by atoms with E-state index in [4.69, 9.17) is 25.8 Å². The van der Waals surface area contributed by atoms with Crippen LogP contribution < -0.4 is 24.4 Å². The SMILES string of the molecule is C=CCOc1ccc(Cl)cc1/C=c1\sc2n(c1=O)[C@@H](c1ccccc1OC(C)C)C(C(=O)OCC)=C(C)N=2. The number of thiazole rings is 1. The maximum atomic E-state index is 14.0. The number of para-hydroxylation sites is 1. The third kappa shape index (κ3) is 5.61. The van der Waals surface area contributed by atoms with E-state index in [2.05, 4.69) is 11.6 Å². The van der Waals surface area contributed by atoms with Gasteiger partial charge in [-0.1, -0.05) is 53.8 Å². The lowest BCUT2D eigenvalue weighted by Gasteiger charge is -2.26. The molecule has 1 aliphatic rings. The lowest BCUT2D eigenvalue weighted by atomic mass is 9.95. The van der Waals surface area contributed by atoms with Crippen LogP contribution in [0.3, 0.4) is 0 Å². The topological polar surface area (TPSA) is 79.1 Å². The number of carbonyl (C=O) groups excluding carboxylic acids is 1. The fourth-order valence-corrected chi connectivity index (χ4v) is 5.42. The molecule has 0 saturated carbocycles. The second kappa shape index (κ2) is 11.8. The van der Waals surface area contributed by atoms with Crippen molar-refractivity contribution >= 4 is 35.0 Å². The summed E-state index contributed by atoms with van der Waals surface area (Å²) in [6, 6.07) is 11.8. The Morgan fingerprint density at radius 2 is 2.00 bits per heavy atom. The first-order chi connectivity index (χ1) is 18.2. The highest BCUT2D eigenvalue weighted by Crippen LogP contribution is 2.36. The number of halogens is 1. The Labute approximate surface area is 230 Å². The molecule has 0 unspecified atom stereocenters. The third-order valence-electron chi connectivity index (χ3n) is 5.71. The molecule has 0 aliphatic carbocycles. The van der Waals surface area contributed by atoms with Crippen LogP contribution in [0.5, 0.6) is 11.5 Å². The summed E-state index contributed by atoms with van der Waals surface area (Å²) in [7, 11) is 0. The van der Waals surface area contributed by atoms with Crippen LogP contribution in [-0.2, 0) is 9.53 Å². The molecule has 2 heterocycles. The molecule has 0 radical (unpaired) electrons. The van der Waals surface area contributed by atoms with Crippen LogP contribution in [0, 0.1) is 0 Å². The molecule has 0 saturated heterocycles. The van der Waals surface area contributed by atoms with E-state index in [-0.39, 0.29) is 18.3 Å². The van der Waals surface area contributed by atoms with Crippen LogP contribution in [-0.4, -0.2) is 29.9 Å². The molecule has 2 aromatic carbocycles. The van der Waals surface area contributed by atoms with Crippen LogP contribution in [0.4, 0.5) is 0 Å². The molecule has 1 atom stereocenters. The number of nitrogens with zero attached hydrogens (tertiary/aromatic N) is 2. The molecule has 38 heavy (non-hydrogen) atoms. The van der Waals surface area contributed by atoms with Crippen molar-refractivity contribution in [3.05, 3.63) is 102 Å². The van der Waals surface area contributed by atoms with Crippen molar-refractivity contribution in [1.29, 1.82) is 0 Å². The van der Waals surface area contributed by atoms with Gasteiger partial charge in [-0.25, -0.2) is 9.79 Å². The Balaban J connectivity index is 1.97. The number of fused-ring (bicyclic) bond motifs is 1. The fraction of sp³-hybridized carbons (Fsp3) is 0.276. The predicted molar refractivity (Wildman–Crippen MR) is 150 cm³/mol. The minimum Gasteiger partial charge on any atom is -0.491 e. The summed E-state index contributed by atoms with van der Waals surface area (Å²) in [5, 5.41) is 0.507. The monoisotopic (exact) mass is 552 g/mol. The zero-order valence-electron chi connectivity index (χ0n) is 21.7. The van der Waals surface area contributed by atoms with E-state index in [1.165, 1.54) is 15.9 Å². The molecule has 1 aliphatic heterocycles. The Bertz CT molecular complexity index is 1580. The van der Waals surface area contributed by atoms with Gasteiger partial charge in [0, 0.05) is 16.1 Å². The Morgan fingerprint density at radius 1 is 1.24 bits per heavy atom. The van der Waals surface area contributed by atoms with Crippen molar-refractivity contribution in [2.24, 2.45) is 4.99 Å². The van der Waals surface area contributed by atoms with Crippen LogP contribution in [0.25, 0.3) is 6.08 Å². The third-order valence-corrected chi connectivity index (χ3v) is 6.93. The first kappa shape index (κ1) is 27.4. The summed E-state index contributed by atoms with van der Waals surface area (Å²) in [5.74, 6) is 0.617. The summed E-state index contributed by atoms with van der Waals surface area (Å²) < 4.78 is 19.2. The van der Waals surface area contributed by atoms with Gasteiger partial charge in [0.25, 0.3) is 5.56 Å². The molecule has 0 amide bonds. The van der Waals surface area contributed by atoms with Crippen LogP contribution in [0.2, 0.25) is 5.02 Å². The fourth-order valence-electron chi connectivity index (χ4n) is 4.21. The zero-order chi connectivity index (χ0) is 27.4. The van der Waals surface area contributed by atoms with Crippen LogP contribution in [0.15, 0.2) is 76.2 Å². The highest BCUT2D eigenvalue weighted by molar-refractivity contribution is 7.07. The quantitative estimate of drug-likeness (QED) is 0.281. The average molecular weight is 553 g/mol. The Morgan fingerprint density at radius 3 is 2.71 bits per heavy atom. The van der Waals surface area contributed by atoms with Gasteiger partial charge in [-0.3, -0.25) is 9.36 Å². The molecule has 0 bridgehead atoms.